The summed E-state index contributed by atoms with van der Waals surface area (Å²) in [5, 5.41) is 5.30. The standard InChI is InChI=1S/C25H18BrCl3N2O/c1-12-6-14(3)24-17(7-12)18(10-23(30-24)16-5-4-15(27)9-20(16)28)25(32)31-22-11-21(29)19(26)8-13(22)2/h4-11H,1-3H3,(H,31,32). The molecule has 0 atom stereocenters. The summed E-state index contributed by atoms with van der Waals surface area (Å²) >= 11 is 22.2. The Hall–Kier alpha value is -2.11. The summed E-state index contributed by atoms with van der Waals surface area (Å²) in [6.07, 6.45) is 0. The van der Waals surface area contributed by atoms with Crippen LogP contribution in [-0.2, 0) is 0 Å². The molecule has 3 nitrogen and oxygen atoms in total. The maximum absolute atomic E-state index is 13.5. The highest BCUT2D eigenvalue weighted by Crippen LogP contribution is 2.34. The van der Waals surface area contributed by atoms with Gasteiger partial charge in [0.25, 0.3) is 5.91 Å². The van der Waals surface area contributed by atoms with Crippen molar-refractivity contribution >= 4 is 73.2 Å². The van der Waals surface area contributed by atoms with Crippen LogP contribution in [-0.4, -0.2) is 10.9 Å². The first-order valence-corrected chi connectivity index (χ1v) is 11.7. The number of aryl methyl sites for hydroxylation is 3. The van der Waals surface area contributed by atoms with Crippen molar-refractivity contribution < 1.29 is 4.79 Å². The molecule has 0 aliphatic heterocycles. The normalized spacial score (nSPS) is 11.1. The summed E-state index contributed by atoms with van der Waals surface area (Å²) in [6.45, 7) is 5.89. The molecule has 162 valence electrons. The molecule has 0 unspecified atom stereocenters. The van der Waals surface area contributed by atoms with E-state index in [1.807, 2.05) is 45.0 Å². The second kappa shape index (κ2) is 9.03. The van der Waals surface area contributed by atoms with E-state index in [4.69, 9.17) is 39.8 Å². The fourth-order valence-electron chi connectivity index (χ4n) is 3.67. The van der Waals surface area contributed by atoms with E-state index in [-0.39, 0.29) is 5.91 Å². The molecular weight excluding hydrogens is 531 g/mol. The van der Waals surface area contributed by atoms with Gasteiger partial charge in [-0.3, -0.25) is 4.79 Å². The van der Waals surface area contributed by atoms with Gasteiger partial charge in [-0.25, -0.2) is 4.98 Å². The Labute approximate surface area is 209 Å². The number of amides is 1. The number of carbonyl (C=O) groups is 1. The Bertz CT molecular complexity index is 1400. The van der Waals surface area contributed by atoms with E-state index in [1.165, 1.54) is 0 Å². The van der Waals surface area contributed by atoms with Crippen LogP contribution in [0.5, 0.6) is 0 Å². The molecular formula is C25H18BrCl3N2O. The van der Waals surface area contributed by atoms with Gasteiger partial charge >= 0.3 is 0 Å². The Morgan fingerprint density at radius 1 is 0.906 bits per heavy atom. The number of benzene rings is 3. The molecule has 0 fully saturated rings. The Morgan fingerprint density at radius 2 is 1.66 bits per heavy atom. The van der Waals surface area contributed by atoms with Crippen molar-refractivity contribution in [2.24, 2.45) is 0 Å². The molecule has 3 aromatic carbocycles. The van der Waals surface area contributed by atoms with Gasteiger partial charge in [-0.2, -0.15) is 0 Å². The molecule has 0 saturated carbocycles. The highest BCUT2D eigenvalue weighted by atomic mass is 79.9. The smallest absolute Gasteiger partial charge is 0.256 e. The fraction of sp³-hybridized carbons (Fsp3) is 0.120. The molecule has 32 heavy (non-hydrogen) atoms. The van der Waals surface area contributed by atoms with E-state index in [1.54, 1.807) is 24.3 Å². The predicted molar refractivity (Wildman–Crippen MR) is 139 cm³/mol. The predicted octanol–water partition coefficient (Wildman–Crippen LogP) is 8.80. The van der Waals surface area contributed by atoms with Crippen molar-refractivity contribution in [2.45, 2.75) is 20.8 Å². The first-order valence-electron chi connectivity index (χ1n) is 9.78. The lowest BCUT2D eigenvalue weighted by Crippen LogP contribution is -2.14. The summed E-state index contributed by atoms with van der Waals surface area (Å²) in [7, 11) is 0. The largest absolute Gasteiger partial charge is 0.322 e. The lowest BCUT2D eigenvalue weighted by atomic mass is 9.99. The van der Waals surface area contributed by atoms with E-state index in [9.17, 15) is 4.79 Å². The number of fused-ring (bicyclic) bond motifs is 1. The lowest BCUT2D eigenvalue weighted by molar-refractivity contribution is 0.102. The second-order valence-electron chi connectivity index (χ2n) is 7.69. The number of nitrogens with zero attached hydrogens (tertiary/aromatic N) is 1. The SMILES string of the molecule is Cc1cc(C)c2nc(-c3ccc(Cl)cc3Cl)cc(C(=O)Nc3cc(Cl)c(Br)cc3C)c2c1. The summed E-state index contributed by atoms with van der Waals surface area (Å²) in [5.74, 6) is -0.254. The third-order valence-corrected chi connectivity index (χ3v) is 6.96. The molecule has 0 spiro atoms. The van der Waals surface area contributed by atoms with Crippen LogP contribution < -0.4 is 5.32 Å². The van der Waals surface area contributed by atoms with Crippen molar-refractivity contribution in [1.29, 1.82) is 0 Å². The number of anilines is 1. The van der Waals surface area contributed by atoms with Crippen molar-refractivity contribution in [1.82, 2.24) is 4.98 Å². The highest BCUT2D eigenvalue weighted by Gasteiger charge is 2.18. The van der Waals surface area contributed by atoms with Crippen LogP contribution >= 0.6 is 50.7 Å². The Morgan fingerprint density at radius 3 is 2.38 bits per heavy atom. The first-order chi connectivity index (χ1) is 15.1. The molecule has 0 radical (unpaired) electrons. The average Bonchev–Trinajstić information content (AvgIpc) is 2.71. The summed E-state index contributed by atoms with van der Waals surface area (Å²) in [6, 6.07) is 14.6. The van der Waals surface area contributed by atoms with Crippen LogP contribution in [0.1, 0.15) is 27.0 Å². The van der Waals surface area contributed by atoms with Crippen LogP contribution in [0.4, 0.5) is 5.69 Å². The Balaban J connectivity index is 1.91. The van der Waals surface area contributed by atoms with Crippen LogP contribution in [0.15, 0.2) is 53.0 Å². The van der Waals surface area contributed by atoms with Crippen molar-refractivity contribution in [3.05, 3.63) is 90.3 Å². The van der Waals surface area contributed by atoms with Crippen LogP contribution in [0.25, 0.3) is 22.2 Å². The topological polar surface area (TPSA) is 42.0 Å². The number of nitrogens with one attached hydrogen (secondary N) is 1. The van der Waals surface area contributed by atoms with E-state index in [2.05, 4.69) is 21.2 Å². The summed E-state index contributed by atoms with van der Waals surface area (Å²) in [5.41, 5.74) is 6.10. The number of halogens is 4. The van der Waals surface area contributed by atoms with E-state index in [0.717, 1.165) is 32.1 Å². The van der Waals surface area contributed by atoms with E-state index in [0.29, 0.717) is 37.6 Å². The molecule has 1 aromatic heterocycles. The molecule has 0 saturated heterocycles. The minimum atomic E-state index is -0.254. The number of aromatic nitrogens is 1. The van der Waals surface area contributed by atoms with Gasteiger partial charge in [0.2, 0.25) is 0 Å². The number of carbonyl (C=O) groups excluding carboxylic acids is 1. The maximum atomic E-state index is 13.5. The van der Waals surface area contributed by atoms with Gasteiger partial charge in [-0.15, -0.1) is 0 Å². The summed E-state index contributed by atoms with van der Waals surface area (Å²) < 4.78 is 0.773. The lowest BCUT2D eigenvalue weighted by Gasteiger charge is -2.15. The van der Waals surface area contributed by atoms with Gasteiger partial charge in [0.05, 0.1) is 26.8 Å². The van der Waals surface area contributed by atoms with Gasteiger partial charge in [-0.1, -0.05) is 46.4 Å². The van der Waals surface area contributed by atoms with Crippen LogP contribution in [0.2, 0.25) is 15.1 Å². The van der Waals surface area contributed by atoms with Gasteiger partial charge in [-0.05, 0) is 90.3 Å². The van der Waals surface area contributed by atoms with E-state index < -0.39 is 0 Å². The average molecular weight is 549 g/mol. The third kappa shape index (κ3) is 4.51. The molecule has 1 N–H and O–H groups in total. The zero-order valence-corrected chi connectivity index (χ0v) is 21.3. The zero-order chi connectivity index (χ0) is 23.2. The second-order valence-corrected chi connectivity index (χ2v) is 9.80. The molecule has 0 aliphatic carbocycles. The number of rotatable bonds is 3. The Kier molecular flexibility index (Phi) is 6.51. The molecule has 0 aliphatic rings. The minimum Gasteiger partial charge on any atom is -0.322 e. The number of hydrogen-bond acceptors (Lipinski definition) is 2. The molecule has 4 rings (SSSR count). The first kappa shape index (κ1) is 23.1. The third-order valence-electron chi connectivity index (χ3n) is 5.22. The number of hydrogen-bond donors (Lipinski definition) is 1. The van der Waals surface area contributed by atoms with Gasteiger partial charge in [0.15, 0.2) is 0 Å². The van der Waals surface area contributed by atoms with Crippen molar-refractivity contribution in [2.75, 3.05) is 5.32 Å². The quantitative estimate of drug-likeness (QED) is 0.278. The molecule has 0 bridgehead atoms. The molecule has 7 heteroatoms. The van der Waals surface area contributed by atoms with Crippen LogP contribution in [0.3, 0.4) is 0 Å². The van der Waals surface area contributed by atoms with E-state index >= 15 is 0 Å². The minimum absolute atomic E-state index is 0.254. The van der Waals surface area contributed by atoms with Crippen LogP contribution in [0, 0.1) is 20.8 Å². The van der Waals surface area contributed by atoms with Gasteiger partial charge in [0.1, 0.15) is 0 Å². The van der Waals surface area contributed by atoms with Crippen molar-refractivity contribution in [3.63, 3.8) is 0 Å². The van der Waals surface area contributed by atoms with Crippen molar-refractivity contribution in [3.8, 4) is 11.3 Å². The molecule has 4 aromatic rings. The highest BCUT2D eigenvalue weighted by molar-refractivity contribution is 9.10. The fourth-order valence-corrected chi connectivity index (χ4v) is 4.80. The summed E-state index contributed by atoms with van der Waals surface area (Å²) in [4.78, 5) is 18.3. The van der Waals surface area contributed by atoms with Gasteiger partial charge < -0.3 is 5.32 Å². The maximum Gasteiger partial charge on any atom is 0.256 e. The van der Waals surface area contributed by atoms with Gasteiger partial charge in [0, 0.05) is 26.1 Å². The number of pyridine rings is 1. The molecule has 1 amide bonds. The monoisotopic (exact) mass is 546 g/mol. The zero-order valence-electron chi connectivity index (χ0n) is 17.5. The molecule has 1 heterocycles.